The van der Waals surface area contributed by atoms with Crippen molar-refractivity contribution >= 4 is 34.8 Å². The van der Waals surface area contributed by atoms with Crippen LogP contribution in [-0.4, -0.2) is 23.5 Å². The lowest BCUT2D eigenvalue weighted by atomic mass is 10.1. The molecule has 1 aliphatic carbocycles. The third-order valence-corrected chi connectivity index (χ3v) is 4.13. The lowest BCUT2D eigenvalue weighted by Crippen LogP contribution is -2.27. The second-order valence-electron chi connectivity index (χ2n) is 4.90. The van der Waals surface area contributed by atoms with Crippen LogP contribution in [0.25, 0.3) is 0 Å². The molecule has 2 heterocycles. The van der Waals surface area contributed by atoms with E-state index < -0.39 is 0 Å². The highest BCUT2D eigenvalue weighted by Crippen LogP contribution is 2.40. The fourth-order valence-corrected chi connectivity index (χ4v) is 3.04. The van der Waals surface area contributed by atoms with Gasteiger partial charge in [-0.1, -0.05) is 0 Å². The average molecular weight is 288 g/mol. The van der Waals surface area contributed by atoms with E-state index in [4.69, 9.17) is 0 Å². The molecule has 2 fully saturated rings. The van der Waals surface area contributed by atoms with E-state index in [-0.39, 0.29) is 18.3 Å². The first-order chi connectivity index (χ1) is 8.31. The predicted octanol–water partition coefficient (Wildman–Crippen LogP) is 2.52. The molecule has 0 aromatic carbocycles. The van der Waals surface area contributed by atoms with E-state index in [1.165, 1.54) is 19.3 Å². The Morgan fingerprint density at radius 1 is 1.50 bits per heavy atom. The summed E-state index contributed by atoms with van der Waals surface area (Å²) in [6.07, 6.45) is 5.37. The van der Waals surface area contributed by atoms with E-state index >= 15 is 0 Å². The maximum atomic E-state index is 11.8. The average Bonchev–Trinajstić information content (AvgIpc) is 2.84. The Morgan fingerprint density at radius 3 is 3.00 bits per heavy atom. The number of anilines is 1. The number of nitrogens with zero attached hydrogens (tertiary/aromatic N) is 1. The molecular weight excluding hydrogens is 270 g/mol. The van der Waals surface area contributed by atoms with Gasteiger partial charge in [0.15, 0.2) is 5.13 Å². The molecule has 4 nitrogen and oxygen atoms in total. The maximum Gasteiger partial charge on any atom is 0.227 e. The minimum atomic E-state index is 0. The Hall–Kier alpha value is -0.650. The SMILES string of the molecule is Cl.O=C(CC1CCCN1)Nc1nc(C2CC2)cs1. The monoisotopic (exact) mass is 287 g/mol. The van der Waals surface area contributed by atoms with Gasteiger partial charge in [-0.25, -0.2) is 4.98 Å². The maximum absolute atomic E-state index is 11.8. The third-order valence-electron chi connectivity index (χ3n) is 3.36. The molecule has 1 amide bonds. The summed E-state index contributed by atoms with van der Waals surface area (Å²) in [5.41, 5.74) is 1.16. The molecule has 1 aromatic heterocycles. The Balaban J connectivity index is 0.00000120. The number of carbonyl (C=O) groups excluding carboxylic acids is 1. The molecule has 2 aliphatic rings. The number of aromatic nitrogens is 1. The third kappa shape index (κ3) is 3.43. The van der Waals surface area contributed by atoms with E-state index in [0.29, 0.717) is 18.4 Å². The summed E-state index contributed by atoms with van der Waals surface area (Å²) in [4.78, 5) is 16.2. The smallest absolute Gasteiger partial charge is 0.227 e. The van der Waals surface area contributed by atoms with Gasteiger partial charge >= 0.3 is 0 Å². The van der Waals surface area contributed by atoms with E-state index in [1.807, 2.05) is 0 Å². The minimum absolute atomic E-state index is 0. The largest absolute Gasteiger partial charge is 0.313 e. The van der Waals surface area contributed by atoms with E-state index in [1.54, 1.807) is 11.3 Å². The van der Waals surface area contributed by atoms with Crippen LogP contribution in [0.5, 0.6) is 0 Å². The molecule has 0 bridgehead atoms. The minimum Gasteiger partial charge on any atom is -0.313 e. The molecule has 18 heavy (non-hydrogen) atoms. The van der Waals surface area contributed by atoms with Crippen LogP contribution in [0.4, 0.5) is 5.13 Å². The summed E-state index contributed by atoms with van der Waals surface area (Å²) in [5.74, 6) is 0.745. The summed E-state index contributed by atoms with van der Waals surface area (Å²) in [5, 5.41) is 9.06. The molecule has 6 heteroatoms. The van der Waals surface area contributed by atoms with Gasteiger partial charge in [-0.3, -0.25) is 4.79 Å². The number of nitrogens with one attached hydrogen (secondary N) is 2. The molecule has 1 aliphatic heterocycles. The van der Waals surface area contributed by atoms with Crippen molar-refractivity contribution in [2.75, 3.05) is 11.9 Å². The van der Waals surface area contributed by atoms with Crippen molar-refractivity contribution in [2.45, 2.75) is 44.1 Å². The number of hydrogen-bond acceptors (Lipinski definition) is 4. The number of hydrogen-bond donors (Lipinski definition) is 2. The van der Waals surface area contributed by atoms with Crippen LogP contribution in [0.3, 0.4) is 0 Å². The molecule has 3 rings (SSSR count). The number of rotatable bonds is 4. The standard InChI is InChI=1S/C12H17N3OS.ClH/c16-11(6-9-2-1-5-13-9)15-12-14-10(7-17-12)8-3-4-8;/h7-9,13H,1-6H2,(H,14,15,16);1H. The van der Waals surface area contributed by atoms with Crippen molar-refractivity contribution in [3.63, 3.8) is 0 Å². The van der Waals surface area contributed by atoms with Crippen LogP contribution >= 0.6 is 23.7 Å². The predicted molar refractivity (Wildman–Crippen MR) is 75.6 cm³/mol. The summed E-state index contributed by atoms with van der Waals surface area (Å²) >= 11 is 1.54. The van der Waals surface area contributed by atoms with Gasteiger partial charge in [0, 0.05) is 23.8 Å². The molecule has 1 saturated heterocycles. The van der Waals surface area contributed by atoms with Crippen LogP contribution < -0.4 is 10.6 Å². The molecule has 100 valence electrons. The molecule has 0 spiro atoms. The van der Waals surface area contributed by atoms with Gasteiger partial charge < -0.3 is 10.6 Å². The second-order valence-corrected chi connectivity index (χ2v) is 5.76. The lowest BCUT2D eigenvalue weighted by molar-refractivity contribution is -0.116. The summed E-state index contributed by atoms with van der Waals surface area (Å²) in [6, 6.07) is 0.359. The van der Waals surface area contributed by atoms with Crippen molar-refractivity contribution in [3.05, 3.63) is 11.1 Å². The molecule has 1 saturated carbocycles. The number of amides is 1. The van der Waals surface area contributed by atoms with Crippen LogP contribution in [0, 0.1) is 0 Å². The highest BCUT2D eigenvalue weighted by atomic mass is 35.5. The topological polar surface area (TPSA) is 54.0 Å². The fourth-order valence-electron chi connectivity index (χ4n) is 2.24. The zero-order valence-corrected chi connectivity index (χ0v) is 11.8. The van der Waals surface area contributed by atoms with E-state index in [0.717, 1.165) is 23.8 Å². The zero-order chi connectivity index (χ0) is 11.7. The quantitative estimate of drug-likeness (QED) is 0.895. The van der Waals surface area contributed by atoms with Crippen LogP contribution in [0.15, 0.2) is 5.38 Å². The van der Waals surface area contributed by atoms with Crippen molar-refractivity contribution in [3.8, 4) is 0 Å². The molecule has 1 aromatic rings. The Labute approximate surface area is 117 Å². The normalized spacial score (nSPS) is 22.6. The highest BCUT2D eigenvalue weighted by Gasteiger charge is 2.26. The van der Waals surface area contributed by atoms with Crippen LogP contribution in [0.2, 0.25) is 0 Å². The fraction of sp³-hybridized carbons (Fsp3) is 0.667. The van der Waals surface area contributed by atoms with Gasteiger partial charge in [0.2, 0.25) is 5.91 Å². The van der Waals surface area contributed by atoms with Gasteiger partial charge in [0.25, 0.3) is 0 Å². The van der Waals surface area contributed by atoms with Crippen molar-refractivity contribution in [2.24, 2.45) is 0 Å². The molecule has 2 N–H and O–H groups in total. The Bertz CT molecular complexity index is 413. The van der Waals surface area contributed by atoms with Crippen LogP contribution in [-0.2, 0) is 4.79 Å². The zero-order valence-electron chi connectivity index (χ0n) is 10.1. The number of halogens is 1. The van der Waals surface area contributed by atoms with E-state index in [9.17, 15) is 4.79 Å². The molecule has 1 atom stereocenters. The first kappa shape index (κ1) is 13.8. The van der Waals surface area contributed by atoms with Gasteiger partial charge in [-0.2, -0.15) is 0 Å². The van der Waals surface area contributed by atoms with Gasteiger partial charge in [-0.15, -0.1) is 23.7 Å². The molecule has 1 unspecified atom stereocenters. The van der Waals surface area contributed by atoms with Gasteiger partial charge in [0.1, 0.15) is 0 Å². The van der Waals surface area contributed by atoms with E-state index in [2.05, 4.69) is 21.0 Å². The second kappa shape index (κ2) is 5.99. The molecule has 0 radical (unpaired) electrons. The molecular formula is C12H18ClN3OS. The van der Waals surface area contributed by atoms with Crippen molar-refractivity contribution < 1.29 is 4.79 Å². The highest BCUT2D eigenvalue weighted by molar-refractivity contribution is 7.13. The van der Waals surface area contributed by atoms with Crippen molar-refractivity contribution in [1.29, 1.82) is 0 Å². The van der Waals surface area contributed by atoms with Gasteiger partial charge in [-0.05, 0) is 32.2 Å². The lowest BCUT2D eigenvalue weighted by Gasteiger charge is -2.08. The number of thiazole rings is 1. The Morgan fingerprint density at radius 2 is 2.33 bits per heavy atom. The van der Waals surface area contributed by atoms with Crippen LogP contribution in [0.1, 0.15) is 43.7 Å². The summed E-state index contributed by atoms with van der Waals surface area (Å²) < 4.78 is 0. The first-order valence-corrected chi connectivity index (χ1v) is 7.18. The van der Waals surface area contributed by atoms with Gasteiger partial charge in [0.05, 0.1) is 5.69 Å². The number of carbonyl (C=O) groups is 1. The first-order valence-electron chi connectivity index (χ1n) is 6.30. The summed E-state index contributed by atoms with van der Waals surface area (Å²) in [7, 11) is 0. The Kier molecular flexibility index (Phi) is 4.59. The summed E-state index contributed by atoms with van der Waals surface area (Å²) in [6.45, 7) is 1.04. The van der Waals surface area contributed by atoms with Crippen molar-refractivity contribution in [1.82, 2.24) is 10.3 Å².